The molecule has 1 fully saturated rings. The molecule has 1 amide bonds. The predicted octanol–water partition coefficient (Wildman–Crippen LogP) is 2.32. The molecule has 0 aromatic heterocycles. The first-order valence-electron chi connectivity index (χ1n) is 6.24. The summed E-state index contributed by atoms with van der Waals surface area (Å²) in [6, 6.07) is 4.94. The van der Waals surface area contributed by atoms with Gasteiger partial charge in [-0.05, 0) is 29.8 Å². The minimum absolute atomic E-state index is 0.0295. The van der Waals surface area contributed by atoms with E-state index in [0.29, 0.717) is 22.2 Å². The van der Waals surface area contributed by atoms with Crippen molar-refractivity contribution in [2.75, 3.05) is 19.7 Å². The number of benzene rings is 1. The first kappa shape index (κ1) is 15.8. The third-order valence-electron chi connectivity index (χ3n) is 3.02. The minimum atomic E-state index is -1.07. The molecule has 0 spiro atoms. The predicted molar refractivity (Wildman–Crippen MR) is 79.5 cm³/mol. The molecule has 5 nitrogen and oxygen atoms in total. The van der Waals surface area contributed by atoms with E-state index < -0.39 is 12.1 Å². The van der Waals surface area contributed by atoms with Gasteiger partial charge in [-0.15, -0.1) is 0 Å². The van der Waals surface area contributed by atoms with E-state index >= 15 is 0 Å². The molecule has 7 heteroatoms. The average molecular weight is 330 g/mol. The molecule has 1 unspecified atom stereocenters. The van der Waals surface area contributed by atoms with Gasteiger partial charge in [-0.3, -0.25) is 4.79 Å². The number of carboxylic acid groups (broad SMARTS) is 1. The van der Waals surface area contributed by atoms with Gasteiger partial charge in [0, 0.05) is 22.7 Å². The van der Waals surface area contributed by atoms with Crippen molar-refractivity contribution >= 4 is 41.2 Å². The number of carbonyl (C=O) groups is 2. The molecule has 1 aromatic rings. The fourth-order valence-corrected chi connectivity index (χ4v) is 2.27. The normalized spacial score (nSPS) is 19.0. The number of morpholine rings is 1. The van der Waals surface area contributed by atoms with Crippen LogP contribution in [0.3, 0.4) is 0 Å². The molecule has 1 aromatic carbocycles. The Hall–Kier alpha value is -1.56. The van der Waals surface area contributed by atoms with Crippen molar-refractivity contribution in [1.82, 2.24) is 4.90 Å². The zero-order chi connectivity index (χ0) is 15.4. The van der Waals surface area contributed by atoms with Crippen LogP contribution in [0, 0.1) is 0 Å². The third-order valence-corrected chi connectivity index (χ3v) is 3.60. The Morgan fingerprint density at radius 1 is 1.38 bits per heavy atom. The lowest BCUT2D eigenvalue weighted by Gasteiger charge is -2.30. The van der Waals surface area contributed by atoms with E-state index in [1.54, 1.807) is 24.3 Å². The highest BCUT2D eigenvalue weighted by atomic mass is 35.5. The number of carbonyl (C=O) groups excluding carboxylic acids is 1. The Morgan fingerprint density at radius 3 is 2.86 bits per heavy atom. The van der Waals surface area contributed by atoms with Crippen LogP contribution in [0.5, 0.6) is 0 Å². The molecule has 1 aliphatic rings. The van der Waals surface area contributed by atoms with E-state index in [9.17, 15) is 9.59 Å². The number of carboxylic acids is 1. The van der Waals surface area contributed by atoms with Gasteiger partial charge in [0.2, 0.25) is 5.91 Å². The van der Waals surface area contributed by atoms with Gasteiger partial charge in [-0.2, -0.15) is 0 Å². The van der Waals surface area contributed by atoms with Crippen molar-refractivity contribution in [3.8, 4) is 0 Å². The van der Waals surface area contributed by atoms with Crippen LogP contribution in [0.15, 0.2) is 24.3 Å². The summed E-state index contributed by atoms with van der Waals surface area (Å²) in [5.74, 6) is -1.37. The number of hydrogen-bond acceptors (Lipinski definition) is 3. The number of ether oxygens (including phenoxy) is 1. The summed E-state index contributed by atoms with van der Waals surface area (Å²) in [6.45, 7) is 0.590. The van der Waals surface area contributed by atoms with Crippen molar-refractivity contribution in [3.05, 3.63) is 39.9 Å². The number of amides is 1. The molecular weight excluding hydrogens is 317 g/mol. The Kier molecular flexibility index (Phi) is 5.22. The fraction of sp³-hybridized carbons (Fsp3) is 0.286. The second-order valence-electron chi connectivity index (χ2n) is 4.48. The topological polar surface area (TPSA) is 66.8 Å². The van der Waals surface area contributed by atoms with Crippen molar-refractivity contribution in [2.24, 2.45) is 0 Å². The summed E-state index contributed by atoms with van der Waals surface area (Å²) in [4.78, 5) is 24.3. The second kappa shape index (κ2) is 6.93. The maximum Gasteiger partial charge on any atom is 0.334 e. The zero-order valence-electron chi connectivity index (χ0n) is 11.0. The Bertz CT molecular complexity index is 588. The fourth-order valence-electron chi connectivity index (χ4n) is 1.91. The van der Waals surface area contributed by atoms with Gasteiger partial charge in [-0.1, -0.05) is 23.2 Å². The smallest absolute Gasteiger partial charge is 0.334 e. The van der Waals surface area contributed by atoms with E-state index in [2.05, 4.69) is 0 Å². The van der Waals surface area contributed by atoms with E-state index in [1.807, 2.05) is 0 Å². The van der Waals surface area contributed by atoms with Gasteiger partial charge in [0.25, 0.3) is 0 Å². The lowest BCUT2D eigenvalue weighted by Crippen LogP contribution is -2.48. The molecule has 1 atom stereocenters. The Balaban J connectivity index is 2.05. The quantitative estimate of drug-likeness (QED) is 0.864. The molecule has 1 heterocycles. The van der Waals surface area contributed by atoms with E-state index in [1.165, 1.54) is 11.0 Å². The van der Waals surface area contributed by atoms with Gasteiger partial charge in [0.05, 0.1) is 13.2 Å². The molecular formula is C14H13Cl2NO4. The summed E-state index contributed by atoms with van der Waals surface area (Å²) in [7, 11) is 0. The zero-order valence-corrected chi connectivity index (χ0v) is 12.5. The summed E-state index contributed by atoms with van der Waals surface area (Å²) < 4.78 is 5.06. The van der Waals surface area contributed by atoms with Gasteiger partial charge in [0.15, 0.2) is 6.10 Å². The summed E-state index contributed by atoms with van der Waals surface area (Å²) in [6.07, 6.45) is 1.93. The number of aliphatic carboxylic acids is 1. The molecule has 0 saturated carbocycles. The molecule has 0 bridgehead atoms. The van der Waals surface area contributed by atoms with Gasteiger partial charge in [0.1, 0.15) is 0 Å². The van der Waals surface area contributed by atoms with Crippen LogP contribution < -0.4 is 0 Å². The van der Waals surface area contributed by atoms with Crippen LogP contribution in [-0.4, -0.2) is 47.7 Å². The summed E-state index contributed by atoms with van der Waals surface area (Å²) >= 11 is 11.9. The van der Waals surface area contributed by atoms with Gasteiger partial charge >= 0.3 is 5.97 Å². The summed E-state index contributed by atoms with van der Waals surface area (Å²) in [5, 5.41) is 9.90. The number of hydrogen-bond donors (Lipinski definition) is 1. The van der Waals surface area contributed by atoms with Crippen LogP contribution in [0.1, 0.15) is 5.56 Å². The van der Waals surface area contributed by atoms with Crippen LogP contribution in [0.2, 0.25) is 10.0 Å². The SMILES string of the molecule is O=C(O)C1CN(C(=O)C=Cc2cc(Cl)ccc2Cl)CCO1. The van der Waals surface area contributed by atoms with Crippen LogP contribution in [0.4, 0.5) is 0 Å². The molecule has 1 N–H and O–H groups in total. The molecule has 0 radical (unpaired) electrons. The number of rotatable bonds is 3. The maximum absolute atomic E-state index is 12.1. The minimum Gasteiger partial charge on any atom is -0.479 e. The summed E-state index contributed by atoms with van der Waals surface area (Å²) in [5.41, 5.74) is 0.626. The highest BCUT2D eigenvalue weighted by Crippen LogP contribution is 2.21. The molecule has 21 heavy (non-hydrogen) atoms. The second-order valence-corrected chi connectivity index (χ2v) is 5.32. The molecule has 2 rings (SSSR count). The third kappa shape index (κ3) is 4.20. The maximum atomic E-state index is 12.1. The van der Waals surface area contributed by atoms with E-state index in [-0.39, 0.29) is 19.1 Å². The largest absolute Gasteiger partial charge is 0.479 e. The lowest BCUT2D eigenvalue weighted by atomic mass is 10.2. The van der Waals surface area contributed by atoms with Crippen LogP contribution >= 0.6 is 23.2 Å². The van der Waals surface area contributed by atoms with E-state index in [0.717, 1.165) is 0 Å². The van der Waals surface area contributed by atoms with E-state index in [4.69, 9.17) is 33.0 Å². The molecule has 0 aliphatic carbocycles. The van der Waals surface area contributed by atoms with Crippen molar-refractivity contribution in [3.63, 3.8) is 0 Å². The first-order valence-corrected chi connectivity index (χ1v) is 6.99. The van der Waals surface area contributed by atoms with Crippen molar-refractivity contribution < 1.29 is 19.4 Å². The van der Waals surface area contributed by atoms with Gasteiger partial charge in [-0.25, -0.2) is 4.79 Å². The number of halogens is 2. The van der Waals surface area contributed by atoms with Crippen LogP contribution in [0.25, 0.3) is 6.08 Å². The molecule has 1 saturated heterocycles. The molecule has 112 valence electrons. The van der Waals surface area contributed by atoms with Gasteiger partial charge < -0.3 is 14.7 Å². The monoisotopic (exact) mass is 329 g/mol. The lowest BCUT2D eigenvalue weighted by molar-refractivity contribution is -0.158. The van der Waals surface area contributed by atoms with Crippen LogP contribution in [-0.2, 0) is 14.3 Å². The highest BCUT2D eigenvalue weighted by molar-refractivity contribution is 6.34. The Morgan fingerprint density at radius 2 is 2.14 bits per heavy atom. The van der Waals surface area contributed by atoms with Crippen molar-refractivity contribution in [1.29, 1.82) is 0 Å². The molecule has 1 aliphatic heterocycles. The standard InChI is InChI=1S/C14H13Cl2NO4/c15-10-2-3-11(16)9(7-10)1-4-13(18)17-5-6-21-12(8-17)14(19)20/h1-4,7,12H,5-6,8H2,(H,19,20). The highest BCUT2D eigenvalue weighted by Gasteiger charge is 2.27. The number of nitrogens with zero attached hydrogens (tertiary/aromatic N) is 1. The Labute approximate surface area is 131 Å². The first-order chi connectivity index (χ1) is 9.97. The van der Waals surface area contributed by atoms with Crippen molar-refractivity contribution in [2.45, 2.75) is 6.10 Å². The average Bonchev–Trinajstić information content (AvgIpc) is 2.48.